The molecule has 3 N–H and O–H groups in total. The van der Waals surface area contributed by atoms with Crippen LogP contribution in [0.25, 0.3) is 11.1 Å². The van der Waals surface area contributed by atoms with Crippen molar-refractivity contribution in [2.24, 2.45) is 4.99 Å². The standard InChI is InChI=1S/C29H38N4O3.C2H4/c1-7-23(29(35)32-36)19-31-28(20(2)3)33(15-13-30-6)14-12-27(34)25-10-8-24(9-11-25)26-17-21(4)16-22(5)18-26;1-2/h7-11,16-19,30,36H,12-15H2,1-6H3,(H,32,35);1-2H2/b23-7+,31-19-;. The third-order valence-corrected chi connectivity index (χ3v) is 5.75. The fraction of sp³-hybridized carbons (Fsp3) is 0.323. The Balaban J connectivity index is 0.00000352. The number of hydrogen-bond donors (Lipinski definition) is 3. The van der Waals surface area contributed by atoms with Gasteiger partial charge in [0.25, 0.3) is 5.91 Å². The molecule has 0 aromatic heterocycles. The zero-order chi connectivity index (χ0) is 28.7. The third-order valence-electron chi connectivity index (χ3n) is 5.75. The van der Waals surface area contributed by atoms with E-state index in [9.17, 15) is 9.59 Å². The van der Waals surface area contributed by atoms with Gasteiger partial charge in [-0.15, -0.1) is 13.2 Å². The Kier molecular flexibility index (Phi) is 14.3. The predicted octanol–water partition coefficient (Wildman–Crippen LogP) is 5.64. The number of aliphatic imine (C=N–C) groups is 1. The lowest BCUT2D eigenvalue weighted by atomic mass is 9.98. The van der Waals surface area contributed by atoms with Crippen molar-refractivity contribution in [2.45, 2.75) is 41.0 Å². The van der Waals surface area contributed by atoms with Crippen molar-refractivity contribution in [3.8, 4) is 11.1 Å². The van der Waals surface area contributed by atoms with E-state index in [1.807, 2.05) is 50.1 Å². The van der Waals surface area contributed by atoms with Gasteiger partial charge in [-0.1, -0.05) is 59.7 Å². The molecule has 0 fully saturated rings. The number of amides is 1. The fourth-order valence-electron chi connectivity index (χ4n) is 3.93. The molecule has 0 unspecified atom stereocenters. The van der Waals surface area contributed by atoms with Gasteiger partial charge in [0.2, 0.25) is 0 Å². The predicted molar refractivity (Wildman–Crippen MR) is 158 cm³/mol. The SMILES string of the molecule is C/C=C(\C=N/C(=C(C)C)N(CCNC)CCC(=O)c1ccc(-c2cc(C)cc(C)c2)cc1)C(=O)NO.C=C. The summed E-state index contributed by atoms with van der Waals surface area (Å²) in [6.45, 7) is 17.6. The summed E-state index contributed by atoms with van der Waals surface area (Å²) in [6.07, 6.45) is 3.32. The van der Waals surface area contributed by atoms with E-state index in [0.29, 0.717) is 37.4 Å². The minimum absolute atomic E-state index is 0.0577. The maximum atomic E-state index is 13.0. The molecule has 204 valence electrons. The largest absolute Gasteiger partial charge is 0.355 e. The molecule has 2 aromatic carbocycles. The van der Waals surface area contributed by atoms with Crippen molar-refractivity contribution in [3.05, 3.63) is 95.4 Å². The first-order valence-electron chi connectivity index (χ1n) is 12.6. The minimum Gasteiger partial charge on any atom is -0.355 e. The van der Waals surface area contributed by atoms with Crippen LogP contribution in [-0.2, 0) is 4.79 Å². The molecule has 2 aromatic rings. The molecular formula is C31H42N4O3. The van der Waals surface area contributed by atoms with E-state index >= 15 is 0 Å². The lowest BCUT2D eigenvalue weighted by Crippen LogP contribution is -2.32. The van der Waals surface area contributed by atoms with Crippen molar-refractivity contribution in [3.63, 3.8) is 0 Å². The molecule has 7 nitrogen and oxygen atoms in total. The Bertz CT molecular complexity index is 1140. The Morgan fingerprint density at radius 1 is 1.00 bits per heavy atom. The highest BCUT2D eigenvalue weighted by Gasteiger charge is 2.15. The van der Waals surface area contributed by atoms with Crippen molar-refractivity contribution < 1.29 is 14.8 Å². The summed E-state index contributed by atoms with van der Waals surface area (Å²) in [5.74, 6) is 0.117. The summed E-state index contributed by atoms with van der Waals surface area (Å²) in [7, 11) is 1.87. The second kappa shape index (κ2) is 16.8. The molecule has 0 aliphatic heterocycles. The van der Waals surface area contributed by atoms with Crippen LogP contribution < -0.4 is 10.8 Å². The summed E-state index contributed by atoms with van der Waals surface area (Å²) in [4.78, 5) is 31.4. The highest BCUT2D eigenvalue weighted by atomic mass is 16.5. The third kappa shape index (κ3) is 9.92. The van der Waals surface area contributed by atoms with Gasteiger partial charge in [-0.05, 0) is 58.4 Å². The normalized spacial score (nSPS) is 11.0. The van der Waals surface area contributed by atoms with E-state index < -0.39 is 5.91 Å². The van der Waals surface area contributed by atoms with Gasteiger partial charge in [-0.25, -0.2) is 10.5 Å². The number of nitrogens with one attached hydrogen (secondary N) is 2. The summed E-state index contributed by atoms with van der Waals surface area (Å²) < 4.78 is 0. The molecule has 7 heteroatoms. The number of carbonyl (C=O) groups excluding carboxylic acids is 2. The summed E-state index contributed by atoms with van der Waals surface area (Å²) >= 11 is 0. The molecule has 0 radical (unpaired) electrons. The van der Waals surface area contributed by atoms with Crippen LogP contribution in [0.5, 0.6) is 0 Å². The zero-order valence-electron chi connectivity index (χ0n) is 23.6. The number of benzene rings is 2. The summed E-state index contributed by atoms with van der Waals surface area (Å²) in [6, 6.07) is 14.2. The van der Waals surface area contributed by atoms with Crippen LogP contribution in [0.3, 0.4) is 0 Å². The van der Waals surface area contributed by atoms with Crippen molar-refractivity contribution in [1.29, 1.82) is 0 Å². The molecule has 0 aliphatic rings. The number of nitrogens with zero attached hydrogens (tertiary/aromatic N) is 2. The molecule has 0 saturated heterocycles. The zero-order valence-corrected chi connectivity index (χ0v) is 23.6. The highest BCUT2D eigenvalue weighted by molar-refractivity contribution is 6.11. The lowest BCUT2D eigenvalue weighted by Gasteiger charge is -2.26. The molecule has 38 heavy (non-hydrogen) atoms. The second-order valence-corrected chi connectivity index (χ2v) is 8.98. The molecule has 0 saturated carbocycles. The van der Waals surface area contributed by atoms with E-state index in [-0.39, 0.29) is 11.4 Å². The molecule has 0 bridgehead atoms. The van der Waals surface area contributed by atoms with E-state index in [1.54, 1.807) is 18.5 Å². The number of carbonyl (C=O) groups is 2. The van der Waals surface area contributed by atoms with E-state index in [1.165, 1.54) is 17.3 Å². The number of aryl methyl sites for hydroxylation is 2. The first-order valence-corrected chi connectivity index (χ1v) is 12.6. The Hall–Kier alpha value is -3.81. The number of rotatable bonds is 12. The summed E-state index contributed by atoms with van der Waals surface area (Å²) in [5, 5.41) is 12.1. The molecule has 0 atom stereocenters. The number of allylic oxidation sites excluding steroid dienone is 2. The topological polar surface area (TPSA) is 94.0 Å². The van der Waals surface area contributed by atoms with E-state index in [4.69, 9.17) is 5.21 Å². The van der Waals surface area contributed by atoms with Crippen molar-refractivity contribution >= 4 is 17.9 Å². The van der Waals surface area contributed by atoms with E-state index in [2.05, 4.69) is 55.5 Å². The van der Waals surface area contributed by atoms with Crippen LogP contribution in [0.2, 0.25) is 0 Å². The van der Waals surface area contributed by atoms with Crippen LogP contribution in [0.4, 0.5) is 0 Å². The van der Waals surface area contributed by atoms with Crippen LogP contribution in [0, 0.1) is 13.8 Å². The van der Waals surface area contributed by atoms with Crippen LogP contribution in [-0.4, -0.2) is 54.7 Å². The van der Waals surface area contributed by atoms with Gasteiger partial charge in [-0.2, -0.15) is 0 Å². The Labute approximate surface area is 227 Å². The monoisotopic (exact) mass is 518 g/mol. The van der Waals surface area contributed by atoms with Crippen LogP contribution >= 0.6 is 0 Å². The molecular weight excluding hydrogens is 476 g/mol. The number of Topliss-reactive ketones (excluding diaryl/α,β-unsaturated/α-hetero) is 1. The smallest absolute Gasteiger partial charge is 0.275 e. The van der Waals surface area contributed by atoms with Gasteiger partial charge in [0.15, 0.2) is 5.78 Å². The van der Waals surface area contributed by atoms with E-state index in [0.717, 1.165) is 16.7 Å². The molecule has 0 spiro atoms. The first-order chi connectivity index (χ1) is 18.2. The first kappa shape index (κ1) is 32.2. The van der Waals surface area contributed by atoms with Gasteiger partial charge >= 0.3 is 0 Å². The molecule has 0 aliphatic carbocycles. The molecule has 1 amide bonds. The Morgan fingerprint density at radius 3 is 2.11 bits per heavy atom. The van der Waals surface area contributed by atoms with Gasteiger partial charge in [0, 0.05) is 37.8 Å². The van der Waals surface area contributed by atoms with Crippen molar-refractivity contribution in [2.75, 3.05) is 26.7 Å². The number of ketones is 1. The van der Waals surface area contributed by atoms with Crippen molar-refractivity contribution in [1.82, 2.24) is 15.7 Å². The summed E-state index contributed by atoms with van der Waals surface area (Å²) in [5.41, 5.74) is 8.15. The maximum Gasteiger partial charge on any atom is 0.275 e. The van der Waals surface area contributed by atoms with Gasteiger partial charge in [0.05, 0.1) is 5.57 Å². The number of likely N-dealkylation sites (N-methyl/N-ethyl adjacent to an activating group) is 1. The highest BCUT2D eigenvalue weighted by Crippen LogP contribution is 2.23. The number of hydroxylamine groups is 1. The average Bonchev–Trinajstić information content (AvgIpc) is 2.91. The maximum absolute atomic E-state index is 13.0. The van der Waals surface area contributed by atoms with Crippen LogP contribution in [0.15, 0.2) is 83.7 Å². The molecule has 2 rings (SSSR count). The fourth-order valence-corrected chi connectivity index (χ4v) is 3.93. The minimum atomic E-state index is -0.629. The second-order valence-electron chi connectivity index (χ2n) is 8.98. The quantitative estimate of drug-likeness (QED) is 0.0844. The van der Waals surface area contributed by atoms with Gasteiger partial charge in [0.1, 0.15) is 5.82 Å². The lowest BCUT2D eigenvalue weighted by molar-refractivity contribution is -0.124. The Morgan fingerprint density at radius 2 is 1.61 bits per heavy atom. The van der Waals surface area contributed by atoms with Crippen LogP contribution in [0.1, 0.15) is 48.7 Å². The van der Waals surface area contributed by atoms with Gasteiger partial charge in [-0.3, -0.25) is 14.8 Å². The number of hydrogen-bond acceptors (Lipinski definition) is 6. The van der Waals surface area contributed by atoms with Gasteiger partial charge < -0.3 is 10.2 Å². The molecule has 0 heterocycles. The average molecular weight is 519 g/mol.